The van der Waals surface area contributed by atoms with E-state index in [0.29, 0.717) is 5.41 Å². The third-order valence-electron chi connectivity index (χ3n) is 4.07. The molecule has 2 aromatic carbocycles. The summed E-state index contributed by atoms with van der Waals surface area (Å²) in [6.07, 6.45) is 2.53. The van der Waals surface area contributed by atoms with Crippen molar-refractivity contribution in [1.82, 2.24) is 0 Å². The first kappa shape index (κ1) is 12.2. The summed E-state index contributed by atoms with van der Waals surface area (Å²) in [6.45, 7) is 2.29. The van der Waals surface area contributed by atoms with Gasteiger partial charge in [0, 0.05) is 0 Å². The van der Waals surface area contributed by atoms with Crippen molar-refractivity contribution in [2.45, 2.75) is 25.2 Å². The average Bonchev–Trinajstić information content (AvgIpc) is 3.18. The van der Waals surface area contributed by atoms with Crippen LogP contribution < -0.4 is 4.74 Å². The molecule has 1 nitrogen and oxygen atoms in total. The fourth-order valence-electron chi connectivity index (χ4n) is 2.39. The largest absolute Gasteiger partial charge is 0.494 e. The second-order valence-electron chi connectivity index (χ2n) is 5.49. The Hall–Kier alpha value is -1.83. The van der Waals surface area contributed by atoms with Crippen LogP contribution in [-0.2, 0) is 5.41 Å². The van der Waals surface area contributed by atoms with Crippen LogP contribution in [0.4, 0.5) is 4.39 Å². The molecule has 1 aliphatic rings. The molecule has 2 heteroatoms. The van der Waals surface area contributed by atoms with Crippen LogP contribution in [0.5, 0.6) is 5.75 Å². The third kappa shape index (κ3) is 2.23. The minimum Gasteiger partial charge on any atom is -0.494 e. The maximum atomic E-state index is 13.7. The molecule has 0 saturated heterocycles. The minimum absolute atomic E-state index is 0.283. The second-order valence-corrected chi connectivity index (χ2v) is 5.49. The van der Waals surface area contributed by atoms with E-state index in [9.17, 15) is 4.39 Å². The van der Waals surface area contributed by atoms with E-state index in [1.165, 1.54) is 31.6 Å². The predicted molar refractivity (Wildman–Crippen MR) is 75.0 cm³/mol. The van der Waals surface area contributed by atoms with E-state index in [2.05, 4.69) is 31.2 Å². The number of methoxy groups -OCH3 is 1. The van der Waals surface area contributed by atoms with Crippen molar-refractivity contribution in [2.75, 3.05) is 7.11 Å². The SMILES string of the molecule is COc1ccc(-c2ccc(C3(C)CC3)cc2)cc1F. The van der Waals surface area contributed by atoms with Gasteiger partial charge in [-0.1, -0.05) is 37.3 Å². The molecule has 2 aromatic rings. The predicted octanol–water partition coefficient (Wildman–Crippen LogP) is 4.55. The molecule has 98 valence electrons. The molecule has 0 heterocycles. The molecule has 3 rings (SSSR count). The van der Waals surface area contributed by atoms with E-state index in [1.807, 2.05) is 6.07 Å². The Kier molecular flexibility index (Phi) is 2.81. The van der Waals surface area contributed by atoms with Crippen molar-refractivity contribution in [3.8, 4) is 16.9 Å². The number of hydrogen-bond acceptors (Lipinski definition) is 1. The van der Waals surface area contributed by atoms with Gasteiger partial charge in [-0.15, -0.1) is 0 Å². The fourth-order valence-corrected chi connectivity index (χ4v) is 2.39. The average molecular weight is 256 g/mol. The van der Waals surface area contributed by atoms with Gasteiger partial charge in [0.25, 0.3) is 0 Å². The van der Waals surface area contributed by atoms with Crippen LogP contribution in [0.15, 0.2) is 42.5 Å². The van der Waals surface area contributed by atoms with Crippen LogP contribution in [0.2, 0.25) is 0 Å². The van der Waals surface area contributed by atoms with E-state index in [1.54, 1.807) is 6.07 Å². The molecule has 0 aromatic heterocycles. The van der Waals surface area contributed by atoms with Crippen LogP contribution in [0, 0.1) is 5.82 Å². The van der Waals surface area contributed by atoms with Crippen LogP contribution in [0.3, 0.4) is 0 Å². The summed E-state index contributed by atoms with van der Waals surface area (Å²) in [7, 11) is 1.48. The zero-order chi connectivity index (χ0) is 13.5. The number of benzene rings is 2. The van der Waals surface area contributed by atoms with Crippen molar-refractivity contribution in [3.05, 3.63) is 53.8 Å². The molecule has 0 unspecified atom stereocenters. The van der Waals surface area contributed by atoms with Crippen molar-refractivity contribution in [2.24, 2.45) is 0 Å². The number of rotatable bonds is 3. The summed E-state index contributed by atoms with van der Waals surface area (Å²) in [5, 5.41) is 0. The van der Waals surface area contributed by atoms with Gasteiger partial charge < -0.3 is 4.74 Å². The quantitative estimate of drug-likeness (QED) is 0.782. The van der Waals surface area contributed by atoms with E-state index >= 15 is 0 Å². The Morgan fingerprint density at radius 3 is 2.16 bits per heavy atom. The highest BCUT2D eigenvalue weighted by Crippen LogP contribution is 2.47. The Balaban J connectivity index is 1.91. The van der Waals surface area contributed by atoms with Crippen LogP contribution in [0.25, 0.3) is 11.1 Å². The van der Waals surface area contributed by atoms with Crippen molar-refractivity contribution >= 4 is 0 Å². The van der Waals surface area contributed by atoms with Gasteiger partial charge in [0.15, 0.2) is 11.6 Å². The normalized spacial score (nSPS) is 16.2. The zero-order valence-electron chi connectivity index (χ0n) is 11.2. The lowest BCUT2D eigenvalue weighted by Gasteiger charge is -2.10. The Morgan fingerprint density at radius 1 is 1.00 bits per heavy atom. The third-order valence-corrected chi connectivity index (χ3v) is 4.07. The summed E-state index contributed by atoms with van der Waals surface area (Å²) in [5.74, 6) is -0.0379. The molecule has 0 spiro atoms. The minimum atomic E-state index is -0.321. The van der Waals surface area contributed by atoms with Gasteiger partial charge in [-0.3, -0.25) is 0 Å². The maximum Gasteiger partial charge on any atom is 0.165 e. The van der Waals surface area contributed by atoms with E-state index in [0.717, 1.165) is 11.1 Å². The van der Waals surface area contributed by atoms with Crippen molar-refractivity contribution in [3.63, 3.8) is 0 Å². The topological polar surface area (TPSA) is 9.23 Å². The summed E-state index contributed by atoms with van der Waals surface area (Å²) >= 11 is 0. The fraction of sp³-hybridized carbons (Fsp3) is 0.294. The van der Waals surface area contributed by atoms with Crippen LogP contribution in [0.1, 0.15) is 25.3 Å². The van der Waals surface area contributed by atoms with Crippen LogP contribution >= 0.6 is 0 Å². The number of hydrogen-bond donors (Lipinski definition) is 0. The maximum absolute atomic E-state index is 13.7. The summed E-state index contributed by atoms with van der Waals surface area (Å²) in [4.78, 5) is 0. The lowest BCUT2D eigenvalue weighted by atomic mass is 9.95. The first-order chi connectivity index (χ1) is 9.12. The van der Waals surface area contributed by atoms with Gasteiger partial charge in [0.2, 0.25) is 0 Å². The molecule has 0 bridgehead atoms. The molecule has 19 heavy (non-hydrogen) atoms. The first-order valence-corrected chi connectivity index (χ1v) is 6.57. The monoisotopic (exact) mass is 256 g/mol. The molecular formula is C17H17FO. The highest BCUT2D eigenvalue weighted by atomic mass is 19.1. The molecule has 1 fully saturated rings. The lowest BCUT2D eigenvalue weighted by Crippen LogP contribution is -1.98. The van der Waals surface area contributed by atoms with Crippen LogP contribution in [-0.4, -0.2) is 7.11 Å². The van der Waals surface area contributed by atoms with Gasteiger partial charge in [0.05, 0.1) is 7.11 Å². The lowest BCUT2D eigenvalue weighted by molar-refractivity contribution is 0.386. The van der Waals surface area contributed by atoms with Crippen molar-refractivity contribution in [1.29, 1.82) is 0 Å². The summed E-state index contributed by atoms with van der Waals surface area (Å²) < 4.78 is 18.6. The summed E-state index contributed by atoms with van der Waals surface area (Å²) in [6, 6.07) is 13.5. The van der Waals surface area contributed by atoms with E-state index in [4.69, 9.17) is 4.74 Å². The zero-order valence-corrected chi connectivity index (χ0v) is 11.2. The Labute approximate surface area is 113 Å². The van der Waals surface area contributed by atoms with Gasteiger partial charge in [-0.25, -0.2) is 4.39 Å². The molecule has 0 amide bonds. The highest BCUT2D eigenvalue weighted by molar-refractivity contribution is 5.65. The first-order valence-electron chi connectivity index (χ1n) is 6.57. The standard InChI is InChI=1S/C17H17FO/c1-17(9-10-17)14-6-3-12(4-7-14)13-5-8-16(19-2)15(18)11-13/h3-8,11H,9-10H2,1-2H3. The van der Waals surface area contributed by atoms with Gasteiger partial charge >= 0.3 is 0 Å². The molecule has 1 aliphatic carbocycles. The second kappa shape index (κ2) is 4.37. The van der Waals surface area contributed by atoms with Gasteiger partial charge in [0.1, 0.15) is 0 Å². The molecule has 0 atom stereocenters. The summed E-state index contributed by atoms with van der Waals surface area (Å²) in [5.41, 5.74) is 3.68. The smallest absolute Gasteiger partial charge is 0.165 e. The van der Waals surface area contributed by atoms with E-state index in [-0.39, 0.29) is 11.6 Å². The van der Waals surface area contributed by atoms with E-state index < -0.39 is 0 Å². The molecule has 0 radical (unpaired) electrons. The Bertz CT molecular complexity index is 597. The van der Waals surface area contributed by atoms with Gasteiger partial charge in [-0.05, 0) is 47.1 Å². The number of ether oxygens (including phenoxy) is 1. The van der Waals surface area contributed by atoms with Gasteiger partial charge in [-0.2, -0.15) is 0 Å². The molecule has 0 N–H and O–H groups in total. The molecule has 1 saturated carbocycles. The number of halogens is 1. The molecule has 0 aliphatic heterocycles. The molecular weight excluding hydrogens is 239 g/mol. The highest BCUT2D eigenvalue weighted by Gasteiger charge is 2.38. The van der Waals surface area contributed by atoms with Crippen molar-refractivity contribution < 1.29 is 9.13 Å². The Morgan fingerprint density at radius 2 is 1.63 bits per heavy atom.